The molecule has 0 fully saturated rings. The average Bonchev–Trinajstić information content (AvgIpc) is 2.17. The first-order chi connectivity index (χ1) is 6.15. The van der Waals surface area contributed by atoms with Crippen molar-refractivity contribution in [2.45, 2.75) is 0 Å². The lowest BCUT2D eigenvalue weighted by atomic mass is 10.3. The maximum Gasteiger partial charge on any atom is 0.268 e. The van der Waals surface area contributed by atoms with E-state index in [0.29, 0.717) is 11.5 Å². The van der Waals surface area contributed by atoms with Gasteiger partial charge in [-0.15, -0.1) is 0 Å². The number of nitrogen functional groups attached to an aromatic ring is 1. The fourth-order valence-corrected chi connectivity index (χ4v) is 0.753. The van der Waals surface area contributed by atoms with Crippen molar-refractivity contribution in [3.05, 3.63) is 18.0 Å². The van der Waals surface area contributed by atoms with Crippen molar-refractivity contribution in [2.75, 3.05) is 19.0 Å². The standard InChI is InChI=1S/C7H11N5O/c1-12(2)7-9-3-5(4-10-7)6(13)11-8/h3-4H,8H2,1-2H3,(H,11,13). The van der Waals surface area contributed by atoms with Crippen molar-refractivity contribution in [3.8, 4) is 0 Å². The van der Waals surface area contributed by atoms with Crippen LogP contribution in [-0.2, 0) is 0 Å². The number of nitrogens with zero attached hydrogens (tertiary/aromatic N) is 3. The quantitative estimate of drug-likeness (QED) is 0.352. The minimum atomic E-state index is -0.398. The fraction of sp³-hybridized carbons (Fsp3) is 0.286. The predicted molar refractivity (Wildman–Crippen MR) is 48.0 cm³/mol. The molecule has 0 aliphatic rings. The molecule has 1 rings (SSSR count). The first-order valence-electron chi connectivity index (χ1n) is 3.65. The van der Waals surface area contributed by atoms with Gasteiger partial charge in [-0.2, -0.15) is 0 Å². The minimum Gasteiger partial charge on any atom is -0.347 e. The van der Waals surface area contributed by atoms with Crippen LogP contribution >= 0.6 is 0 Å². The molecule has 0 unspecified atom stereocenters. The zero-order valence-corrected chi connectivity index (χ0v) is 7.48. The zero-order chi connectivity index (χ0) is 9.84. The van der Waals surface area contributed by atoms with E-state index < -0.39 is 5.91 Å². The van der Waals surface area contributed by atoms with Crippen molar-refractivity contribution < 1.29 is 4.79 Å². The van der Waals surface area contributed by atoms with Crippen molar-refractivity contribution in [1.82, 2.24) is 15.4 Å². The maximum atomic E-state index is 11.0. The van der Waals surface area contributed by atoms with E-state index in [1.807, 2.05) is 19.5 Å². The number of hydrogen-bond donors (Lipinski definition) is 2. The highest BCUT2D eigenvalue weighted by Gasteiger charge is 2.05. The second-order valence-corrected chi connectivity index (χ2v) is 2.64. The summed E-state index contributed by atoms with van der Waals surface area (Å²) in [4.78, 5) is 20.6. The Hall–Kier alpha value is -1.69. The third-order valence-corrected chi connectivity index (χ3v) is 1.43. The first kappa shape index (κ1) is 9.40. The Morgan fingerprint density at radius 3 is 2.38 bits per heavy atom. The monoisotopic (exact) mass is 181 g/mol. The van der Waals surface area contributed by atoms with Crippen molar-refractivity contribution in [2.24, 2.45) is 5.84 Å². The van der Waals surface area contributed by atoms with Gasteiger partial charge in [0.2, 0.25) is 5.95 Å². The van der Waals surface area contributed by atoms with Crippen LogP contribution < -0.4 is 16.2 Å². The molecule has 1 aromatic heterocycles. The topological polar surface area (TPSA) is 84.1 Å². The Bertz CT molecular complexity index is 294. The number of rotatable bonds is 2. The lowest BCUT2D eigenvalue weighted by Gasteiger charge is -2.08. The largest absolute Gasteiger partial charge is 0.347 e. The lowest BCUT2D eigenvalue weighted by molar-refractivity contribution is 0.0953. The van der Waals surface area contributed by atoms with E-state index in [4.69, 9.17) is 5.84 Å². The Balaban J connectivity index is 2.87. The van der Waals surface area contributed by atoms with Crippen LogP contribution in [0.2, 0.25) is 0 Å². The van der Waals surface area contributed by atoms with Crippen LogP contribution in [0.1, 0.15) is 10.4 Å². The summed E-state index contributed by atoms with van der Waals surface area (Å²) in [5, 5.41) is 0. The fourth-order valence-electron chi connectivity index (χ4n) is 0.753. The number of hydrazine groups is 1. The van der Waals surface area contributed by atoms with E-state index in [2.05, 4.69) is 9.97 Å². The van der Waals surface area contributed by atoms with Gasteiger partial charge in [0.25, 0.3) is 5.91 Å². The second-order valence-electron chi connectivity index (χ2n) is 2.64. The van der Waals surface area contributed by atoms with Crippen LogP contribution in [0.15, 0.2) is 12.4 Å². The summed E-state index contributed by atoms with van der Waals surface area (Å²) in [5.41, 5.74) is 2.34. The van der Waals surface area contributed by atoms with Crippen molar-refractivity contribution >= 4 is 11.9 Å². The number of carbonyl (C=O) groups excluding carboxylic acids is 1. The molecule has 0 aliphatic heterocycles. The predicted octanol–water partition coefficient (Wildman–Crippen LogP) is -0.854. The van der Waals surface area contributed by atoms with Gasteiger partial charge in [-0.25, -0.2) is 15.8 Å². The molecule has 0 radical (unpaired) electrons. The Morgan fingerprint density at radius 1 is 1.46 bits per heavy atom. The number of carbonyl (C=O) groups is 1. The van der Waals surface area contributed by atoms with E-state index >= 15 is 0 Å². The molecule has 0 spiro atoms. The summed E-state index contributed by atoms with van der Waals surface area (Å²) in [7, 11) is 3.63. The summed E-state index contributed by atoms with van der Waals surface area (Å²) >= 11 is 0. The molecular weight excluding hydrogens is 170 g/mol. The van der Waals surface area contributed by atoms with Gasteiger partial charge in [-0.3, -0.25) is 10.2 Å². The van der Waals surface area contributed by atoms with Gasteiger partial charge in [-0.1, -0.05) is 0 Å². The van der Waals surface area contributed by atoms with Gasteiger partial charge in [0.15, 0.2) is 0 Å². The van der Waals surface area contributed by atoms with Crippen LogP contribution in [0.3, 0.4) is 0 Å². The van der Waals surface area contributed by atoms with Gasteiger partial charge in [0.05, 0.1) is 5.56 Å². The Kier molecular flexibility index (Phi) is 2.76. The van der Waals surface area contributed by atoms with E-state index in [1.165, 1.54) is 12.4 Å². The summed E-state index contributed by atoms with van der Waals surface area (Å²) in [6.45, 7) is 0. The molecule has 70 valence electrons. The van der Waals surface area contributed by atoms with Gasteiger partial charge >= 0.3 is 0 Å². The third-order valence-electron chi connectivity index (χ3n) is 1.43. The smallest absolute Gasteiger partial charge is 0.268 e. The molecule has 0 aromatic carbocycles. The van der Waals surface area contributed by atoms with Crippen LogP contribution in [0.4, 0.5) is 5.95 Å². The van der Waals surface area contributed by atoms with E-state index in [9.17, 15) is 4.79 Å². The minimum absolute atomic E-state index is 0.341. The molecule has 1 heterocycles. The molecule has 0 saturated heterocycles. The molecule has 0 aliphatic carbocycles. The van der Waals surface area contributed by atoms with Gasteiger partial charge in [0, 0.05) is 26.5 Å². The second kappa shape index (κ2) is 3.81. The molecule has 6 heteroatoms. The van der Waals surface area contributed by atoms with E-state index in [-0.39, 0.29) is 0 Å². The van der Waals surface area contributed by atoms with E-state index in [1.54, 1.807) is 4.90 Å². The number of aromatic nitrogens is 2. The number of nitrogens with one attached hydrogen (secondary N) is 1. The maximum absolute atomic E-state index is 11.0. The SMILES string of the molecule is CN(C)c1ncc(C(=O)NN)cn1. The molecule has 13 heavy (non-hydrogen) atoms. The lowest BCUT2D eigenvalue weighted by Crippen LogP contribution is -2.30. The third kappa shape index (κ3) is 2.12. The summed E-state index contributed by atoms with van der Waals surface area (Å²) in [5.74, 6) is 5.09. The normalized spacial score (nSPS) is 9.46. The van der Waals surface area contributed by atoms with Gasteiger partial charge in [-0.05, 0) is 0 Å². The first-order valence-corrected chi connectivity index (χ1v) is 3.65. The number of amides is 1. The highest BCUT2D eigenvalue weighted by molar-refractivity contribution is 5.93. The Morgan fingerprint density at radius 2 is 2.00 bits per heavy atom. The molecule has 0 bridgehead atoms. The molecular formula is C7H11N5O. The highest BCUT2D eigenvalue weighted by atomic mass is 16.2. The van der Waals surface area contributed by atoms with Crippen molar-refractivity contribution in [1.29, 1.82) is 0 Å². The number of anilines is 1. The van der Waals surface area contributed by atoms with Crippen molar-refractivity contribution in [3.63, 3.8) is 0 Å². The molecule has 0 saturated carbocycles. The molecule has 0 atom stereocenters. The molecule has 6 nitrogen and oxygen atoms in total. The number of nitrogens with two attached hydrogens (primary N) is 1. The van der Waals surface area contributed by atoms with Gasteiger partial charge in [0.1, 0.15) is 0 Å². The van der Waals surface area contributed by atoms with E-state index in [0.717, 1.165) is 0 Å². The number of hydrogen-bond acceptors (Lipinski definition) is 5. The Labute approximate surface area is 75.7 Å². The van der Waals surface area contributed by atoms with Crippen LogP contribution in [0.25, 0.3) is 0 Å². The summed E-state index contributed by atoms with van der Waals surface area (Å²) < 4.78 is 0. The highest BCUT2D eigenvalue weighted by Crippen LogP contribution is 2.02. The summed E-state index contributed by atoms with van der Waals surface area (Å²) in [6, 6.07) is 0. The molecule has 1 amide bonds. The summed E-state index contributed by atoms with van der Waals surface area (Å²) in [6.07, 6.45) is 2.84. The van der Waals surface area contributed by atoms with Crippen LogP contribution in [0, 0.1) is 0 Å². The van der Waals surface area contributed by atoms with Gasteiger partial charge < -0.3 is 4.90 Å². The zero-order valence-electron chi connectivity index (χ0n) is 7.48. The average molecular weight is 181 g/mol. The van der Waals surface area contributed by atoms with Crippen LogP contribution in [-0.4, -0.2) is 30.0 Å². The molecule has 3 N–H and O–H groups in total. The molecule has 1 aromatic rings. The van der Waals surface area contributed by atoms with Crippen LogP contribution in [0.5, 0.6) is 0 Å².